The average Bonchev–Trinajstić information content (AvgIpc) is 3.01. The van der Waals surface area contributed by atoms with Crippen LogP contribution < -0.4 is 4.72 Å². The Labute approximate surface area is 134 Å². The summed E-state index contributed by atoms with van der Waals surface area (Å²) < 4.78 is 34.1. The largest absolute Gasteiger partial charge is 0.465 e. The fourth-order valence-corrected chi connectivity index (χ4v) is 3.91. The Balaban J connectivity index is 1.73. The third kappa shape index (κ3) is 3.27. The Morgan fingerprint density at radius 2 is 2.04 bits per heavy atom. The highest BCUT2D eigenvalue weighted by Gasteiger charge is 2.24. The minimum atomic E-state index is -3.63. The van der Waals surface area contributed by atoms with Gasteiger partial charge in [0.1, 0.15) is 0 Å². The molecule has 0 saturated carbocycles. The molecule has 7 nitrogen and oxygen atoms in total. The first-order valence-electron chi connectivity index (χ1n) is 7.21. The Hall–Kier alpha value is -2.19. The van der Waals surface area contributed by atoms with Gasteiger partial charge in [0, 0.05) is 30.9 Å². The van der Waals surface area contributed by atoms with Crippen molar-refractivity contribution in [2.24, 2.45) is 0 Å². The normalized spacial score (nSPS) is 17.5. The summed E-state index contributed by atoms with van der Waals surface area (Å²) in [6.07, 6.45) is 3.02. The summed E-state index contributed by atoms with van der Waals surface area (Å²) in [5.74, 6) is -0.498. The number of carbonyl (C=O) groups excluding carboxylic acids is 1. The van der Waals surface area contributed by atoms with Gasteiger partial charge in [-0.2, -0.15) is 5.10 Å². The third-order valence-electron chi connectivity index (χ3n) is 3.86. The summed E-state index contributed by atoms with van der Waals surface area (Å²) in [6, 6.07) is 7.42. The van der Waals surface area contributed by atoms with E-state index in [0.717, 1.165) is 5.69 Å². The molecule has 1 aliphatic rings. The molecule has 1 N–H and O–H groups in total. The minimum absolute atomic E-state index is 0.129. The fourth-order valence-electron chi connectivity index (χ4n) is 2.64. The number of hydrogen-bond donors (Lipinski definition) is 1. The van der Waals surface area contributed by atoms with Crippen LogP contribution in [0.3, 0.4) is 0 Å². The molecule has 3 rings (SSSR count). The van der Waals surface area contributed by atoms with Crippen LogP contribution in [0.25, 0.3) is 0 Å². The second-order valence-corrected chi connectivity index (χ2v) is 7.09. The lowest BCUT2D eigenvalue weighted by molar-refractivity contribution is 0.0600. The van der Waals surface area contributed by atoms with Crippen molar-refractivity contribution in [1.82, 2.24) is 14.5 Å². The van der Waals surface area contributed by atoms with Crippen molar-refractivity contribution in [3.8, 4) is 0 Å². The van der Waals surface area contributed by atoms with Crippen LogP contribution in [0.1, 0.15) is 22.5 Å². The summed E-state index contributed by atoms with van der Waals surface area (Å²) >= 11 is 0. The molecule has 0 aliphatic carbocycles. The molecule has 8 heteroatoms. The molecule has 0 unspecified atom stereocenters. The molecule has 1 aliphatic heterocycles. The van der Waals surface area contributed by atoms with Crippen LogP contribution in [-0.2, 0) is 27.7 Å². The molecule has 1 aromatic heterocycles. The van der Waals surface area contributed by atoms with Crippen LogP contribution in [0.5, 0.6) is 0 Å². The molecule has 2 heterocycles. The van der Waals surface area contributed by atoms with E-state index in [9.17, 15) is 13.2 Å². The van der Waals surface area contributed by atoms with Gasteiger partial charge in [-0.1, -0.05) is 0 Å². The van der Waals surface area contributed by atoms with Gasteiger partial charge in [0.05, 0.1) is 17.6 Å². The Morgan fingerprint density at radius 3 is 2.74 bits per heavy atom. The smallest absolute Gasteiger partial charge is 0.337 e. The molecule has 0 saturated heterocycles. The van der Waals surface area contributed by atoms with Crippen molar-refractivity contribution in [3.63, 3.8) is 0 Å². The van der Waals surface area contributed by atoms with E-state index >= 15 is 0 Å². The molecule has 0 amide bonds. The highest BCUT2D eigenvalue weighted by Crippen LogP contribution is 2.17. The zero-order chi connectivity index (χ0) is 16.4. The van der Waals surface area contributed by atoms with Crippen molar-refractivity contribution in [2.45, 2.75) is 30.3 Å². The standard InChI is InChI=1S/C15H17N3O4S/c1-22-15(19)11-2-4-14(5-3-11)23(20,21)17-12-7-9-18-13(10-12)6-8-16-18/h2-6,8,12,17H,7,9-10H2,1H3/t12-/m0/s1. The van der Waals surface area contributed by atoms with Crippen molar-refractivity contribution in [1.29, 1.82) is 0 Å². The first-order valence-corrected chi connectivity index (χ1v) is 8.69. The molecule has 23 heavy (non-hydrogen) atoms. The molecule has 0 spiro atoms. The first kappa shape index (κ1) is 15.7. The number of nitrogens with one attached hydrogen (secondary N) is 1. The van der Waals surface area contributed by atoms with Gasteiger partial charge >= 0.3 is 5.97 Å². The Kier molecular flexibility index (Phi) is 4.18. The lowest BCUT2D eigenvalue weighted by atomic mass is 10.1. The Bertz CT molecular complexity index is 812. The van der Waals surface area contributed by atoms with Gasteiger partial charge in [0.15, 0.2) is 0 Å². The number of aromatic nitrogens is 2. The van der Waals surface area contributed by atoms with Gasteiger partial charge in [0.25, 0.3) is 0 Å². The summed E-state index contributed by atoms with van der Waals surface area (Å²) in [5, 5.41) is 4.18. The highest BCUT2D eigenvalue weighted by molar-refractivity contribution is 7.89. The van der Waals surface area contributed by atoms with E-state index in [1.54, 1.807) is 6.20 Å². The van der Waals surface area contributed by atoms with Crippen molar-refractivity contribution in [2.75, 3.05) is 7.11 Å². The van der Waals surface area contributed by atoms with Gasteiger partial charge < -0.3 is 4.74 Å². The van der Waals surface area contributed by atoms with Gasteiger partial charge in [-0.25, -0.2) is 17.9 Å². The number of nitrogens with zero attached hydrogens (tertiary/aromatic N) is 2. The minimum Gasteiger partial charge on any atom is -0.465 e. The number of aryl methyl sites for hydroxylation is 1. The van der Waals surface area contributed by atoms with E-state index in [4.69, 9.17) is 0 Å². The Morgan fingerprint density at radius 1 is 1.30 bits per heavy atom. The molecular weight excluding hydrogens is 318 g/mol. The van der Waals surface area contributed by atoms with E-state index in [1.165, 1.54) is 31.4 Å². The molecule has 1 atom stereocenters. The average molecular weight is 335 g/mol. The van der Waals surface area contributed by atoms with Gasteiger partial charge in [-0.05, 0) is 36.8 Å². The molecule has 122 valence electrons. The first-order chi connectivity index (χ1) is 11.0. The van der Waals surface area contributed by atoms with E-state index < -0.39 is 16.0 Å². The molecular formula is C15H17N3O4S. The van der Waals surface area contributed by atoms with Crippen LogP contribution in [0, 0.1) is 0 Å². The number of ether oxygens (including phenoxy) is 1. The predicted octanol–water partition coefficient (Wildman–Crippen LogP) is 0.963. The monoisotopic (exact) mass is 335 g/mol. The van der Waals surface area contributed by atoms with Crippen LogP contribution in [-0.4, -0.2) is 37.3 Å². The maximum atomic E-state index is 12.5. The van der Waals surface area contributed by atoms with E-state index in [-0.39, 0.29) is 10.9 Å². The van der Waals surface area contributed by atoms with Crippen molar-refractivity contribution >= 4 is 16.0 Å². The lowest BCUT2D eigenvalue weighted by Crippen LogP contribution is -2.40. The molecule has 0 radical (unpaired) electrons. The van der Waals surface area contributed by atoms with Crippen LogP contribution in [0.4, 0.5) is 0 Å². The number of methoxy groups -OCH3 is 1. The van der Waals surface area contributed by atoms with E-state index in [2.05, 4.69) is 14.6 Å². The second-order valence-electron chi connectivity index (χ2n) is 5.37. The zero-order valence-corrected chi connectivity index (χ0v) is 13.4. The number of carbonyl (C=O) groups is 1. The molecule has 0 fully saturated rings. The fraction of sp³-hybridized carbons (Fsp3) is 0.333. The third-order valence-corrected chi connectivity index (χ3v) is 5.39. The number of sulfonamides is 1. The quantitative estimate of drug-likeness (QED) is 0.841. The summed E-state index contributed by atoms with van der Waals surface area (Å²) in [5.41, 5.74) is 1.33. The van der Waals surface area contributed by atoms with Crippen molar-refractivity contribution < 1.29 is 17.9 Å². The van der Waals surface area contributed by atoms with Gasteiger partial charge in [0.2, 0.25) is 10.0 Å². The van der Waals surface area contributed by atoms with E-state index in [1.807, 2.05) is 10.7 Å². The molecule has 2 aromatic rings. The summed E-state index contributed by atoms with van der Waals surface area (Å²) in [7, 11) is -2.35. The lowest BCUT2D eigenvalue weighted by Gasteiger charge is -2.24. The van der Waals surface area contributed by atoms with Crippen LogP contribution >= 0.6 is 0 Å². The molecule has 0 bridgehead atoms. The van der Waals surface area contributed by atoms with Gasteiger partial charge in [-0.3, -0.25) is 4.68 Å². The van der Waals surface area contributed by atoms with Crippen LogP contribution in [0.2, 0.25) is 0 Å². The molecule has 1 aromatic carbocycles. The summed E-state index contributed by atoms with van der Waals surface area (Å²) in [4.78, 5) is 11.5. The number of esters is 1. The van der Waals surface area contributed by atoms with E-state index in [0.29, 0.717) is 24.9 Å². The maximum Gasteiger partial charge on any atom is 0.337 e. The van der Waals surface area contributed by atoms with Crippen LogP contribution in [0.15, 0.2) is 41.4 Å². The highest BCUT2D eigenvalue weighted by atomic mass is 32.2. The number of rotatable bonds is 4. The van der Waals surface area contributed by atoms with Crippen molar-refractivity contribution in [3.05, 3.63) is 47.8 Å². The zero-order valence-electron chi connectivity index (χ0n) is 12.6. The van der Waals surface area contributed by atoms with Gasteiger partial charge in [-0.15, -0.1) is 0 Å². The second kappa shape index (κ2) is 6.13. The predicted molar refractivity (Wildman–Crippen MR) is 82.4 cm³/mol. The SMILES string of the molecule is COC(=O)c1ccc(S(=O)(=O)N[C@H]2CCn3nccc3C2)cc1. The number of fused-ring (bicyclic) bond motifs is 1. The summed E-state index contributed by atoms with van der Waals surface area (Å²) in [6.45, 7) is 0.691. The maximum absolute atomic E-state index is 12.5. The topological polar surface area (TPSA) is 90.3 Å². The number of hydrogen-bond acceptors (Lipinski definition) is 5. The number of benzene rings is 1.